The normalized spacial score (nSPS) is 15.6. The molecular formula is C22H18F3N3O2. The first-order valence-corrected chi connectivity index (χ1v) is 9.25. The van der Waals surface area contributed by atoms with Crippen LogP contribution in [0, 0.1) is 0 Å². The van der Waals surface area contributed by atoms with Crippen LogP contribution in [-0.4, -0.2) is 49.7 Å². The highest BCUT2D eigenvalue weighted by Crippen LogP contribution is 2.41. The Balaban J connectivity index is 1.95. The highest BCUT2D eigenvalue weighted by Gasteiger charge is 2.40. The Hall–Kier alpha value is -3.26. The lowest BCUT2D eigenvalue weighted by molar-refractivity contribution is -0.137. The first kappa shape index (κ1) is 20.0. The Labute approximate surface area is 171 Å². The molecule has 0 radical (unpaired) electrons. The van der Waals surface area contributed by atoms with Crippen molar-refractivity contribution < 1.29 is 22.7 Å². The van der Waals surface area contributed by atoms with Crippen LogP contribution in [0.15, 0.2) is 64.2 Å². The lowest BCUT2D eigenvalue weighted by atomic mass is 9.82. The number of allylic oxidation sites excluding steroid dienone is 2. The van der Waals surface area contributed by atoms with Crippen LogP contribution in [0.2, 0.25) is 0 Å². The molecule has 2 aromatic carbocycles. The molecule has 0 bridgehead atoms. The molecule has 154 valence electrons. The summed E-state index contributed by atoms with van der Waals surface area (Å²) in [6.45, 7) is 0.919. The number of carbonyl (C=O) groups is 1. The molecule has 2 aromatic rings. The zero-order valence-electron chi connectivity index (χ0n) is 16.3. The molecule has 5 nitrogen and oxygen atoms in total. The zero-order chi connectivity index (χ0) is 21.5. The first-order chi connectivity index (χ1) is 14.3. The van der Waals surface area contributed by atoms with Crippen LogP contribution in [0.5, 0.6) is 0 Å². The van der Waals surface area contributed by atoms with E-state index in [0.717, 1.165) is 6.07 Å². The van der Waals surface area contributed by atoms with Crippen molar-refractivity contribution in [1.29, 1.82) is 0 Å². The number of hydrogen-bond acceptors (Lipinski definition) is 5. The van der Waals surface area contributed by atoms with Gasteiger partial charge in [-0.3, -0.25) is 4.79 Å². The van der Waals surface area contributed by atoms with E-state index in [0.29, 0.717) is 35.9 Å². The standard InChI is InChI=1S/C22H18F3N3O2/c1-28(11-12-30-2)21-26-18-13-7-3-4-8-14(13)20(29)17(19(18)27-21)15-9-5-6-10-16(15)22(23,24)25/h3-10H,11-12H2,1-2H3. The van der Waals surface area contributed by atoms with E-state index < -0.39 is 17.5 Å². The first-order valence-electron chi connectivity index (χ1n) is 9.25. The molecule has 1 aliphatic heterocycles. The van der Waals surface area contributed by atoms with Gasteiger partial charge in [0.15, 0.2) is 5.78 Å². The SMILES string of the molecule is COCCN(C)C1=NC2=C(c3ccccc3C(F)(F)F)C(=O)c3ccccc3C2=N1. The molecule has 1 aliphatic carbocycles. The largest absolute Gasteiger partial charge is 0.417 e. The van der Waals surface area contributed by atoms with Gasteiger partial charge >= 0.3 is 6.18 Å². The summed E-state index contributed by atoms with van der Waals surface area (Å²) in [6, 6.07) is 11.8. The number of halogens is 3. The second-order valence-electron chi connectivity index (χ2n) is 6.93. The quantitative estimate of drug-likeness (QED) is 0.760. The molecule has 0 saturated carbocycles. The predicted molar refractivity (Wildman–Crippen MR) is 108 cm³/mol. The van der Waals surface area contributed by atoms with Crippen molar-refractivity contribution in [2.75, 3.05) is 27.3 Å². The minimum atomic E-state index is -4.61. The van der Waals surface area contributed by atoms with Crippen LogP contribution in [0.1, 0.15) is 27.0 Å². The molecule has 0 amide bonds. The van der Waals surface area contributed by atoms with Gasteiger partial charge in [0.1, 0.15) is 11.4 Å². The fraction of sp³-hybridized carbons (Fsp3) is 0.227. The summed E-state index contributed by atoms with van der Waals surface area (Å²) in [5.41, 5.74) is 0.266. The van der Waals surface area contributed by atoms with Gasteiger partial charge in [-0.1, -0.05) is 42.5 Å². The van der Waals surface area contributed by atoms with Crippen molar-refractivity contribution >= 4 is 23.0 Å². The molecule has 0 N–H and O–H groups in total. The minimum absolute atomic E-state index is 0.0875. The average Bonchev–Trinajstić information content (AvgIpc) is 3.17. The number of fused-ring (bicyclic) bond motifs is 3. The molecule has 0 unspecified atom stereocenters. The number of nitrogens with zero attached hydrogens (tertiary/aromatic N) is 3. The van der Waals surface area contributed by atoms with Crippen LogP contribution in [0.3, 0.4) is 0 Å². The predicted octanol–water partition coefficient (Wildman–Crippen LogP) is 4.05. The summed E-state index contributed by atoms with van der Waals surface area (Å²) < 4.78 is 46.1. The molecule has 0 atom stereocenters. The molecule has 0 aromatic heterocycles. The smallest absolute Gasteiger partial charge is 0.383 e. The number of ether oxygens (including phenoxy) is 1. The van der Waals surface area contributed by atoms with E-state index in [1.54, 1.807) is 43.3 Å². The highest BCUT2D eigenvalue weighted by molar-refractivity contribution is 6.43. The van der Waals surface area contributed by atoms with Gasteiger partial charge in [0.05, 0.1) is 17.7 Å². The third kappa shape index (κ3) is 3.33. The van der Waals surface area contributed by atoms with E-state index >= 15 is 0 Å². The van der Waals surface area contributed by atoms with Crippen molar-refractivity contribution in [2.45, 2.75) is 6.18 Å². The van der Waals surface area contributed by atoms with Crippen LogP contribution in [0.25, 0.3) is 5.57 Å². The number of benzene rings is 2. The third-order valence-corrected chi connectivity index (χ3v) is 5.01. The summed E-state index contributed by atoms with van der Waals surface area (Å²) in [5, 5.41) is 0. The molecule has 8 heteroatoms. The fourth-order valence-corrected chi connectivity index (χ4v) is 3.52. The number of aliphatic imine (C=N–C) groups is 2. The van der Waals surface area contributed by atoms with Crippen molar-refractivity contribution in [3.63, 3.8) is 0 Å². The lowest BCUT2D eigenvalue weighted by Gasteiger charge is -2.21. The van der Waals surface area contributed by atoms with Gasteiger partial charge in [0, 0.05) is 37.4 Å². The summed E-state index contributed by atoms with van der Waals surface area (Å²) in [7, 11) is 3.33. The second-order valence-corrected chi connectivity index (χ2v) is 6.93. The Kier molecular flexibility index (Phi) is 5.03. The van der Waals surface area contributed by atoms with Gasteiger partial charge in [-0.15, -0.1) is 0 Å². The molecule has 0 spiro atoms. The summed E-state index contributed by atoms with van der Waals surface area (Å²) >= 11 is 0. The molecule has 30 heavy (non-hydrogen) atoms. The minimum Gasteiger partial charge on any atom is -0.383 e. The van der Waals surface area contributed by atoms with E-state index in [4.69, 9.17) is 4.74 Å². The number of alkyl halides is 3. The van der Waals surface area contributed by atoms with E-state index in [9.17, 15) is 18.0 Å². The number of carbonyl (C=O) groups excluding carboxylic acids is 1. The molecule has 4 rings (SSSR count). The van der Waals surface area contributed by atoms with Crippen molar-refractivity contribution in [3.05, 3.63) is 76.5 Å². The van der Waals surface area contributed by atoms with Crippen LogP contribution in [0.4, 0.5) is 13.2 Å². The number of likely N-dealkylation sites (N-methyl/N-ethyl adjacent to an activating group) is 1. The monoisotopic (exact) mass is 413 g/mol. The Morgan fingerprint density at radius 3 is 2.27 bits per heavy atom. The van der Waals surface area contributed by atoms with Gasteiger partial charge in [0.25, 0.3) is 0 Å². The van der Waals surface area contributed by atoms with Gasteiger partial charge < -0.3 is 9.64 Å². The maximum absolute atomic E-state index is 13.7. The number of rotatable bonds is 4. The molecule has 0 saturated heterocycles. The van der Waals surface area contributed by atoms with Gasteiger partial charge in [-0.25, -0.2) is 9.98 Å². The van der Waals surface area contributed by atoms with E-state index in [1.807, 2.05) is 0 Å². The lowest BCUT2D eigenvalue weighted by Crippen LogP contribution is -2.27. The number of guanidine groups is 1. The fourth-order valence-electron chi connectivity index (χ4n) is 3.52. The summed E-state index contributed by atoms with van der Waals surface area (Å²) in [6.07, 6.45) is -4.61. The molecular weight excluding hydrogens is 395 g/mol. The Morgan fingerprint density at radius 1 is 0.967 bits per heavy atom. The van der Waals surface area contributed by atoms with Gasteiger partial charge in [-0.2, -0.15) is 13.2 Å². The van der Waals surface area contributed by atoms with Crippen LogP contribution in [-0.2, 0) is 10.9 Å². The third-order valence-electron chi connectivity index (χ3n) is 5.01. The van der Waals surface area contributed by atoms with E-state index in [2.05, 4.69) is 9.98 Å². The Bertz CT molecular complexity index is 1120. The number of methoxy groups -OCH3 is 1. The maximum Gasteiger partial charge on any atom is 0.417 e. The number of ketones is 1. The molecule has 0 fully saturated rings. The van der Waals surface area contributed by atoms with E-state index in [-0.39, 0.29) is 16.8 Å². The average molecular weight is 413 g/mol. The summed E-state index contributed by atoms with van der Waals surface area (Å²) in [4.78, 5) is 24.1. The van der Waals surface area contributed by atoms with Gasteiger partial charge in [-0.05, 0) is 6.07 Å². The van der Waals surface area contributed by atoms with Crippen LogP contribution < -0.4 is 0 Å². The molecule has 2 aliphatic rings. The maximum atomic E-state index is 13.7. The van der Waals surface area contributed by atoms with Crippen molar-refractivity contribution in [1.82, 2.24) is 4.90 Å². The van der Waals surface area contributed by atoms with Crippen LogP contribution >= 0.6 is 0 Å². The van der Waals surface area contributed by atoms with E-state index in [1.165, 1.54) is 18.2 Å². The highest BCUT2D eigenvalue weighted by atomic mass is 19.4. The second kappa shape index (κ2) is 7.53. The number of Topliss-reactive ketones (excluding diaryl/α,β-unsaturated/α-hetero) is 1. The number of hydrogen-bond donors (Lipinski definition) is 0. The van der Waals surface area contributed by atoms with Gasteiger partial charge in [0.2, 0.25) is 5.96 Å². The summed E-state index contributed by atoms with van der Waals surface area (Å²) in [5.74, 6) is -0.177. The zero-order valence-corrected chi connectivity index (χ0v) is 16.3. The Morgan fingerprint density at radius 2 is 1.60 bits per heavy atom. The topological polar surface area (TPSA) is 54.3 Å². The molecule has 1 heterocycles. The van der Waals surface area contributed by atoms with Crippen molar-refractivity contribution in [3.8, 4) is 0 Å². The van der Waals surface area contributed by atoms with Crippen molar-refractivity contribution in [2.24, 2.45) is 9.98 Å².